The van der Waals surface area contributed by atoms with Gasteiger partial charge in [0.1, 0.15) is 23.2 Å². The Morgan fingerprint density at radius 3 is 2.20 bits per heavy atom. The zero-order valence-corrected chi connectivity index (χ0v) is 32.8. The first-order valence-corrected chi connectivity index (χ1v) is 21.9. The fourth-order valence-corrected chi connectivity index (χ4v) is 14.9. The van der Waals surface area contributed by atoms with E-state index in [1.54, 1.807) is 20.8 Å². The number of nitrogens with one attached hydrogen (secondary N) is 3. The molecule has 0 radical (unpaired) electrons. The first-order valence-electron chi connectivity index (χ1n) is 18.3. The van der Waals surface area contributed by atoms with Crippen LogP contribution in [-0.4, -0.2) is 86.6 Å². The second-order valence-electron chi connectivity index (χ2n) is 16.5. The Morgan fingerprint density at radius 2 is 1.63 bits per heavy atom. The topological polar surface area (TPSA) is 160 Å². The average Bonchev–Trinajstić information content (AvgIpc) is 3.89. The van der Waals surface area contributed by atoms with Gasteiger partial charge in [0.15, 0.2) is 0 Å². The number of ether oxygens (including phenoxy) is 1. The predicted molar refractivity (Wildman–Crippen MR) is 190 cm³/mol. The van der Waals surface area contributed by atoms with Gasteiger partial charge in [-0.3, -0.25) is 19.1 Å². The summed E-state index contributed by atoms with van der Waals surface area (Å²) in [6.07, 6.45) is 7.59. The molecule has 12 nitrogen and oxygen atoms in total. The van der Waals surface area contributed by atoms with Crippen LogP contribution in [0.5, 0.6) is 0 Å². The van der Waals surface area contributed by atoms with E-state index in [-0.39, 0.29) is 41.9 Å². The molecule has 1 saturated heterocycles. The molecule has 0 unspecified atom stereocenters. The molecule has 4 amide bonds. The van der Waals surface area contributed by atoms with Crippen molar-refractivity contribution in [1.29, 1.82) is 0 Å². The van der Waals surface area contributed by atoms with Crippen LogP contribution in [0.4, 0.5) is 4.79 Å². The van der Waals surface area contributed by atoms with E-state index in [2.05, 4.69) is 56.9 Å². The first-order chi connectivity index (χ1) is 22.7. The molecular formula is C35H60N4O8SSi. The van der Waals surface area contributed by atoms with Crippen LogP contribution in [0.3, 0.4) is 0 Å². The van der Waals surface area contributed by atoms with Crippen LogP contribution in [0.2, 0.25) is 16.6 Å². The van der Waals surface area contributed by atoms with Crippen molar-refractivity contribution in [2.45, 2.75) is 171 Å². The maximum absolute atomic E-state index is 14.5. The molecule has 3 N–H and O–H groups in total. The molecule has 0 bridgehead atoms. The van der Waals surface area contributed by atoms with Crippen molar-refractivity contribution in [3.63, 3.8) is 0 Å². The van der Waals surface area contributed by atoms with Gasteiger partial charge in [0, 0.05) is 18.9 Å². The Kier molecular flexibility index (Phi) is 12.1. The summed E-state index contributed by atoms with van der Waals surface area (Å²) < 4.78 is 40.4. The summed E-state index contributed by atoms with van der Waals surface area (Å²) in [5.41, 5.74) is -1.39. The molecule has 0 aromatic rings. The van der Waals surface area contributed by atoms with Crippen molar-refractivity contribution in [3.8, 4) is 0 Å². The summed E-state index contributed by atoms with van der Waals surface area (Å²) in [7, 11) is -6.27. The van der Waals surface area contributed by atoms with E-state index in [0.717, 1.165) is 19.3 Å². The van der Waals surface area contributed by atoms with E-state index < -0.39 is 76.7 Å². The van der Waals surface area contributed by atoms with Crippen molar-refractivity contribution >= 4 is 42.2 Å². The lowest BCUT2D eigenvalue weighted by Gasteiger charge is -2.44. The number of hydrogen-bond acceptors (Lipinski definition) is 8. The lowest BCUT2D eigenvalue weighted by molar-refractivity contribution is -0.141. The lowest BCUT2D eigenvalue weighted by Crippen LogP contribution is -2.58. The van der Waals surface area contributed by atoms with Gasteiger partial charge in [-0.25, -0.2) is 13.2 Å². The molecule has 4 rings (SSSR count). The van der Waals surface area contributed by atoms with Crippen LogP contribution in [0.1, 0.15) is 120 Å². The van der Waals surface area contributed by atoms with Crippen molar-refractivity contribution in [2.75, 3.05) is 6.54 Å². The van der Waals surface area contributed by atoms with Gasteiger partial charge >= 0.3 is 6.09 Å². The van der Waals surface area contributed by atoms with Crippen LogP contribution in [0.25, 0.3) is 0 Å². The highest BCUT2D eigenvalue weighted by Gasteiger charge is 2.62. The van der Waals surface area contributed by atoms with Gasteiger partial charge in [-0.1, -0.05) is 66.5 Å². The second-order valence-corrected chi connectivity index (χ2v) is 23.9. The monoisotopic (exact) mass is 724 g/mol. The molecule has 14 heteroatoms. The van der Waals surface area contributed by atoms with E-state index in [0.29, 0.717) is 25.7 Å². The minimum absolute atomic E-state index is 0.156. The molecule has 2 saturated carbocycles. The largest absolute Gasteiger partial charge is 0.444 e. The molecule has 0 spiro atoms. The molecule has 0 aromatic heterocycles. The third kappa shape index (κ3) is 9.08. The van der Waals surface area contributed by atoms with Gasteiger partial charge in [-0.15, -0.1) is 0 Å². The Hall–Kier alpha value is -2.45. The zero-order valence-electron chi connectivity index (χ0n) is 31.0. The van der Waals surface area contributed by atoms with Gasteiger partial charge < -0.3 is 24.7 Å². The Labute approximate surface area is 294 Å². The van der Waals surface area contributed by atoms with E-state index in [1.807, 2.05) is 12.2 Å². The molecule has 0 aromatic carbocycles. The van der Waals surface area contributed by atoms with E-state index in [9.17, 15) is 27.6 Å². The number of alkyl carbamates (subject to hydrolysis) is 1. The molecule has 3 fully saturated rings. The van der Waals surface area contributed by atoms with Crippen molar-refractivity contribution in [2.24, 2.45) is 5.92 Å². The summed E-state index contributed by atoms with van der Waals surface area (Å²) in [4.78, 5) is 56.9. The van der Waals surface area contributed by atoms with Crippen LogP contribution in [0.15, 0.2) is 12.2 Å². The van der Waals surface area contributed by atoms with Gasteiger partial charge in [-0.05, 0) is 75.9 Å². The fraction of sp³-hybridized carbons (Fsp3) is 0.829. The fourth-order valence-electron chi connectivity index (χ4n) is 7.99. The number of rotatable bonds is 9. The maximum atomic E-state index is 14.5. The zero-order chi connectivity index (χ0) is 36.5. The number of carbonyl (C=O) groups is 4. The standard InChI is InChI=1S/C35H60N4O8SSi/c1-22(2)49(23(3)4,24(5)6)47-26-19-29-30(40)37-35(32(42)38-48(44,45)27-17-18-27)20-25(35)15-13-11-10-12-14-16-28(31(41)39(29)21-26)36-33(43)46-34(7,8)9/h13,15,22-29H,10-12,14,16-21H2,1-9H3,(H,36,43)(H,37,40)(H,38,42)/b15-13-/t25-,26+,28+,29+,35-/m1/s1. The molecular weight excluding hydrogens is 665 g/mol. The summed E-state index contributed by atoms with van der Waals surface area (Å²) >= 11 is 0. The van der Waals surface area contributed by atoms with Gasteiger partial charge in [0.2, 0.25) is 30.2 Å². The predicted octanol–water partition coefficient (Wildman–Crippen LogP) is 5.04. The minimum Gasteiger partial charge on any atom is -0.444 e. The van der Waals surface area contributed by atoms with Crippen molar-refractivity contribution in [3.05, 3.63) is 12.2 Å². The molecule has 2 heterocycles. The van der Waals surface area contributed by atoms with E-state index >= 15 is 0 Å². The quantitative estimate of drug-likeness (QED) is 0.220. The summed E-state index contributed by atoms with van der Waals surface area (Å²) in [6, 6.07) is -1.92. The molecule has 278 valence electrons. The van der Waals surface area contributed by atoms with Gasteiger partial charge in [0.25, 0.3) is 5.91 Å². The van der Waals surface area contributed by atoms with Gasteiger partial charge in [-0.2, -0.15) is 0 Å². The van der Waals surface area contributed by atoms with Crippen LogP contribution in [0, 0.1) is 5.92 Å². The third-order valence-electron chi connectivity index (χ3n) is 10.6. The SMILES string of the molecule is CC(C)[Si](O[C@H]1C[C@H]2C(=O)N[C@]3(C(=O)NS(=O)(=O)C4CC4)C[C@H]3/C=C\CCCCC[C@H](NC(=O)OC(C)(C)C)C(=O)N2C1)(C(C)C)C(C)C. The molecule has 2 aliphatic heterocycles. The first kappa shape index (κ1) is 39.3. The highest BCUT2D eigenvalue weighted by atomic mass is 32.2. The highest BCUT2D eigenvalue weighted by molar-refractivity contribution is 7.91. The van der Waals surface area contributed by atoms with Crippen molar-refractivity contribution in [1.82, 2.24) is 20.3 Å². The highest BCUT2D eigenvalue weighted by Crippen LogP contribution is 2.47. The van der Waals surface area contributed by atoms with E-state index in [4.69, 9.17) is 9.16 Å². The van der Waals surface area contributed by atoms with Crippen LogP contribution in [-0.2, 0) is 33.6 Å². The molecule has 49 heavy (non-hydrogen) atoms. The Morgan fingerprint density at radius 1 is 1.00 bits per heavy atom. The molecule has 5 atom stereocenters. The normalized spacial score (nSPS) is 29.4. The maximum Gasteiger partial charge on any atom is 0.408 e. The number of carbonyl (C=O) groups excluding carboxylic acids is 4. The number of fused-ring (bicyclic) bond motifs is 2. The smallest absolute Gasteiger partial charge is 0.408 e. The summed E-state index contributed by atoms with van der Waals surface area (Å²) in [6.45, 7) is 18.5. The van der Waals surface area contributed by atoms with Gasteiger partial charge in [0.05, 0.1) is 11.4 Å². The number of nitrogens with zero attached hydrogens (tertiary/aromatic N) is 1. The van der Waals surface area contributed by atoms with Crippen LogP contribution >= 0.6 is 0 Å². The number of allylic oxidation sites excluding steroid dienone is 1. The lowest BCUT2D eigenvalue weighted by atomic mass is 10.0. The number of amides is 4. The van der Waals surface area contributed by atoms with Crippen molar-refractivity contribution < 1.29 is 36.8 Å². The molecule has 4 aliphatic rings. The summed E-state index contributed by atoms with van der Waals surface area (Å²) in [5.74, 6) is -2.06. The molecule has 2 aliphatic carbocycles. The van der Waals surface area contributed by atoms with E-state index in [1.165, 1.54) is 4.90 Å². The minimum atomic E-state index is -3.85. The Balaban J connectivity index is 1.69. The second kappa shape index (κ2) is 15.0. The third-order valence-corrected chi connectivity index (χ3v) is 18.6. The average molecular weight is 725 g/mol. The van der Waals surface area contributed by atoms with Crippen LogP contribution < -0.4 is 15.4 Å². The number of hydrogen-bond donors (Lipinski definition) is 3. The summed E-state index contributed by atoms with van der Waals surface area (Å²) in [5, 5.41) is 5.12. The Bertz CT molecular complexity index is 1370. The number of sulfonamides is 1.